The van der Waals surface area contributed by atoms with Crippen LogP contribution in [0.15, 0.2) is 23.3 Å². The van der Waals surface area contributed by atoms with Crippen molar-refractivity contribution in [3.05, 3.63) is 23.3 Å². The van der Waals surface area contributed by atoms with Crippen LogP contribution in [-0.4, -0.2) is 0 Å². The van der Waals surface area contributed by atoms with Gasteiger partial charge in [0.1, 0.15) is 0 Å². The van der Waals surface area contributed by atoms with Crippen molar-refractivity contribution >= 4 is 0 Å². The van der Waals surface area contributed by atoms with E-state index in [-0.39, 0.29) is 0 Å². The lowest BCUT2D eigenvalue weighted by Crippen LogP contribution is -1.78. The van der Waals surface area contributed by atoms with E-state index in [0.29, 0.717) is 0 Å². The number of hydrogen-bond donors (Lipinski definition) is 0. The lowest BCUT2D eigenvalue weighted by molar-refractivity contribution is 1.06. The molecule has 0 unspecified atom stereocenters. The molecular weight excluding hydrogens is 120 g/mol. The van der Waals surface area contributed by atoms with Crippen molar-refractivity contribution in [3.63, 3.8) is 0 Å². The van der Waals surface area contributed by atoms with E-state index in [0.717, 1.165) is 12.8 Å². The third-order valence-electron chi connectivity index (χ3n) is 1.60. The lowest BCUT2D eigenvalue weighted by Gasteiger charge is -1.99. The van der Waals surface area contributed by atoms with E-state index in [9.17, 15) is 0 Å². The Morgan fingerprint density at radius 3 is 2.20 bits per heavy atom. The molecule has 0 aromatic rings. The van der Waals surface area contributed by atoms with Crippen LogP contribution in [0.2, 0.25) is 0 Å². The van der Waals surface area contributed by atoms with Crippen LogP contribution in [0.3, 0.4) is 0 Å². The molecule has 0 aromatic heterocycles. The number of allylic oxidation sites excluding steroid dienone is 4. The maximum Gasteiger partial charge on any atom is -0.0114 e. The Kier molecular flexibility index (Phi) is 5.00. The fourth-order valence-corrected chi connectivity index (χ4v) is 0.963. The van der Waals surface area contributed by atoms with E-state index in [2.05, 4.69) is 39.8 Å². The van der Waals surface area contributed by atoms with E-state index in [1.54, 1.807) is 0 Å². The molecule has 10 heavy (non-hydrogen) atoms. The predicted molar refractivity (Wildman–Crippen MR) is 48.1 cm³/mol. The number of hydrogen-bond acceptors (Lipinski definition) is 0. The smallest absolute Gasteiger partial charge is 0.0114 e. The minimum Gasteiger partial charge on any atom is -0.0884 e. The molecule has 0 atom stereocenters. The van der Waals surface area contributed by atoms with Gasteiger partial charge in [0.2, 0.25) is 0 Å². The first-order valence-corrected chi connectivity index (χ1v) is 3.98. The van der Waals surface area contributed by atoms with E-state index >= 15 is 0 Å². The van der Waals surface area contributed by atoms with Crippen molar-refractivity contribution in [3.8, 4) is 0 Å². The van der Waals surface area contributed by atoms with Crippen molar-refractivity contribution < 1.29 is 0 Å². The van der Waals surface area contributed by atoms with Gasteiger partial charge in [0.05, 0.1) is 0 Å². The van der Waals surface area contributed by atoms with Crippen LogP contribution in [-0.2, 0) is 0 Å². The minimum absolute atomic E-state index is 1.14. The molecule has 0 rings (SSSR count). The van der Waals surface area contributed by atoms with Gasteiger partial charge in [-0.1, -0.05) is 30.2 Å². The van der Waals surface area contributed by atoms with Crippen molar-refractivity contribution in [2.45, 2.75) is 40.5 Å². The molecule has 0 amide bonds. The van der Waals surface area contributed by atoms with Crippen LogP contribution in [0.4, 0.5) is 0 Å². The van der Waals surface area contributed by atoms with Gasteiger partial charge in [0.25, 0.3) is 0 Å². The first kappa shape index (κ1) is 9.48. The monoisotopic (exact) mass is 138 g/mol. The summed E-state index contributed by atoms with van der Waals surface area (Å²) in [7, 11) is 0. The molecule has 0 spiro atoms. The SMILES string of the molecule is CC=C(C)C/C(C)=C/CC. The van der Waals surface area contributed by atoms with Crippen molar-refractivity contribution in [1.29, 1.82) is 0 Å². The van der Waals surface area contributed by atoms with E-state index in [4.69, 9.17) is 0 Å². The summed E-state index contributed by atoms with van der Waals surface area (Å²) < 4.78 is 0. The average Bonchev–Trinajstić information content (AvgIpc) is 1.88. The maximum atomic E-state index is 2.28. The van der Waals surface area contributed by atoms with Gasteiger partial charge in [0.15, 0.2) is 0 Å². The van der Waals surface area contributed by atoms with Crippen LogP contribution in [0, 0.1) is 0 Å². The summed E-state index contributed by atoms with van der Waals surface area (Å²) in [4.78, 5) is 0. The molecular formula is C10H18. The first-order valence-electron chi connectivity index (χ1n) is 3.98. The summed E-state index contributed by atoms with van der Waals surface area (Å²) in [6, 6.07) is 0. The van der Waals surface area contributed by atoms with Gasteiger partial charge in [-0.2, -0.15) is 0 Å². The standard InChI is InChI=1S/C10H18/c1-5-7-10(4)8-9(3)6-2/h6-7H,5,8H2,1-4H3/b9-6?,10-7+. The van der Waals surface area contributed by atoms with E-state index in [1.807, 2.05) is 0 Å². The van der Waals surface area contributed by atoms with Gasteiger partial charge < -0.3 is 0 Å². The van der Waals surface area contributed by atoms with Crippen LogP contribution in [0.5, 0.6) is 0 Å². The second-order valence-electron chi connectivity index (χ2n) is 2.77. The van der Waals surface area contributed by atoms with E-state index in [1.165, 1.54) is 11.1 Å². The summed E-state index contributed by atoms with van der Waals surface area (Å²) in [5, 5.41) is 0. The number of rotatable bonds is 3. The fraction of sp³-hybridized carbons (Fsp3) is 0.600. The van der Waals surface area contributed by atoms with Gasteiger partial charge in [0, 0.05) is 0 Å². The third kappa shape index (κ3) is 4.37. The zero-order valence-electron chi connectivity index (χ0n) is 7.57. The summed E-state index contributed by atoms with van der Waals surface area (Å²) in [5.41, 5.74) is 2.94. The summed E-state index contributed by atoms with van der Waals surface area (Å²) >= 11 is 0. The third-order valence-corrected chi connectivity index (χ3v) is 1.60. The normalized spacial score (nSPS) is 14.0. The van der Waals surface area contributed by atoms with Gasteiger partial charge in [-0.3, -0.25) is 0 Å². The zero-order valence-corrected chi connectivity index (χ0v) is 7.57. The van der Waals surface area contributed by atoms with E-state index < -0.39 is 0 Å². The molecule has 0 aliphatic carbocycles. The van der Waals surface area contributed by atoms with Crippen LogP contribution >= 0.6 is 0 Å². The largest absolute Gasteiger partial charge is 0.0884 e. The molecule has 0 bridgehead atoms. The Hall–Kier alpha value is -0.520. The highest BCUT2D eigenvalue weighted by molar-refractivity contribution is 5.10. The van der Waals surface area contributed by atoms with Gasteiger partial charge in [-0.15, -0.1) is 0 Å². The summed E-state index contributed by atoms with van der Waals surface area (Å²) in [6.45, 7) is 8.63. The molecule has 0 aliphatic heterocycles. The van der Waals surface area contributed by atoms with Crippen LogP contribution in [0.25, 0.3) is 0 Å². The Balaban J connectivity index is 3.79. The second-order valence-corrected chi connectivity index (χ2v) is 2.77. The maximum absolute atomic E-state index is 2.28. The molecule has 0 N–H and O–H groups in total. The first-order chi connectivity index (χ1) is 4.70. The summed E-state index contributed by atoms with van der Waals surface area (Å²) in [5.74, 6) is 0. The molecule has 0 heteroatoms. The molecule has 0 aromatic carbocycles. The molecule has 0 nitrogen and oxygen atoms in total. The highest BCUT2D eigenvalue weighted by atomic mass is 13.9. The summed E-state index contributed by atoms with van der Waals surface area (Å²) in [6.07, 6.45) is 6.76. The second kappa shape index (κ2) is 5.28. The topological polar surface area (TPSA) is 0 Å². The minimum atomic E-state index is 1.14. The average molecular weight is 138 g/mol. The van der Waals surface area contributed by atoms with Gasteiger partial charge >= 0.3 is 0 Å². The quantitative estimate of drug-likeness (QED) is 0.522. The zero-order chi connectivity index (χ0) is 7.98. The Labute approximate surface area is 64.6 Å². The Morgan fingerprint density at radius 1 is 1.20 bits per heavy atom. The molecule has 0 fully saturated rings. The molecule has 0 heterocycles. The predicted octanol–water partition coefficient (Wildman–Crippen LogP) is 3.70. The molecule has 0 radical (unpaired) electrons. The van der Waals surface area contributed by atoms with Crippen LogP contribution < -0.4 is 0 Å². The highest BCUT2D eigenvalue weighted by Crippen LogP contribution is 2.09. The van der Waals surface area contributed by atoms with Crippen LogP contribution in [0.1, 0.15) is 40.5 Å². The molecule has 58 valence electrons. The Bertz CT molecular complexity index is 138. The Morgan fingerprint density at radius 2 is 1.80 bits per heavy atom. The van der Waals surface area contributed by atoms with Crippen molar-refractivity contribution in [1.82, 2.24) is 0 Å². The van der Waals surface area contributed by atoms with Crippen molar-refractivity contribution in [2.24, 2.45) is 0 Å². The van der Waals surface area contributed by atoms with Crippen molar-refractivity contribution in [2.75, 3.05) is 0 Å². The fourth-order valence-electron chi connectivity index (χ4n) is 0.963. The highest BCUT2D eigenvalue weighted by Gasteiger charge is 1.88. The molecule has 0 aliphatic rings. The van der Waals surface area contributed by atoms with Gasteiger partial charge in [-0.25, -0.2) is 0 Å². The molecule has 0 saturated carbocycles. The van der Waals surface area contributed by atoms with Gasteiger partial charge in [-0.05, 0) is 33.6 Å². The lowest BCUT2D eigenvalue weighted by atomic mass is 10.1. The molecule has 0 saturated heterocycles.